The second-order valence-electron chi connectivity index (χ2n) is 4.97. The summed E-state index contributed by atoms with van der Waals surface area (Å²) in [4.78, 5) is 12.3. The van der Waals surface area contributed by atoms with E-state index in [9.17, 15) is 18.4 Å². The van der Waals surface area contributed by atoms with Crippen molar-refractivity contribution in [2.75, 3.05) is 13.1 Å². The molecule has 3 N–H and O–H groups in total. The maximum Gasteiger partial charge on any atom is 0.250 e. The summed E-state index contributed by atoms with van der Waals surface area (Å²) in [5.74, 6) is -0.290. The van der Waals surface area contributed by atoms with Gasteiger partial charge in [-0.15, -0.1) is 11.3 Å². The number of hydrogen-bond donors (Lipinski definition) is 3. The zero-order chi connectivity index (χ0) is 15.7. The zero-order valence-corrected chi connectivity index (χ0v) is 13.2. The molecule has 2 aliphatic heterocycles. The summed E-state index contributed by atoms with van der Waals surface area (Å²) in [6, 6.07) is 2.54. The summed E-state index contributed by atoms with van der Waals surface area (Å²) in [7, 11) is -3.71. The molecule has 0 bridgehead atoms. The van der Waals surface area contributed by atoms with E-state index in [0.717, 1.165) is 26.9 Å². The number of hydrogen-bond acceptors (Lipinski definition) is 6. The van der Waals surface area contributed by atoms with Gasteiger partial charge in [-0.1, -0.05) is 6.08 Å². The maximum atomic E-state index is 12.3. The maximum absolute atomic E-state index is 12.3. The lowest BCUT2D eigenvalue weighted by molar-refractivity contribution is -0.120. The average molecular weight is 341 g/mol. The minimum Gasteiger partial charge on any atom is -0.355 e. The molecule has 0 unspecified atom stereocenters. The molecule has 2 aliphatic rings. The number of hydroxylamine groups is 2. The summed E-state index contributed by atoms with van der Waals surface area (Å²) < 4.78 is 27.2. The first-order valence-electron chi connectivity index (χ1n) is 6.70. The Labute approximate surface area is 131 Å². The molecule has 0 saturated carbocycles. The molecule has 0 aliphatic carbocycles. The van der Waals surface area contributed by atoms with Crippen molar-refractivity contribution < 1.29 is 18.4 Å². The van der Waals surface area contributed by atoms with Crippen LogP contribution in [-0.4, -0.2) is 43.7 Å². The van der Waals surface area contributed by atoms with Gasteiger partial charge in [0.25, 0.3) is 10.0 Å². The molecule has 118 valence electrons. The van der Waals surface area contributed by atoms with E-state index >= 15 is 0 Å². The van der Waals surface area contributed by atoms with Crippen molar-refractivity contribution in [1.82, 2.24) is 15.1 Å². The number of carbonyl (C=O) groups is 1. The molecule has 9 heteroatoms. The summed E-state index contributed by atoms with van der Waals surface area (Å²) in [6.07, 6.45) is 5.49. The van der Waals surface area contributed by atoms with Crippen LogP contribution in [0.25, 0.3) is 5.57 Å². The number of allylic oxidation sites excluding steroid dienone is 2. The molecule has 1 atom stereocenters. The van der Waals surface area contributed by atoms with Gasteiger partial charge < -0.3 is 5.32 Å². The van der Waals surface area contributed by atoms with Crippen LogP contribution >= 0.6 is 11.3 Å². The molecule has 1 amide bonds. The predicted octanol–water partition coefficient (Wildman–Crippen LogP) is 0.517. The molecule has 7 nitrogen and oxygen atoms in total. The van der Waals surface area contributed by atoms with Gasteiger partial charge in [-0.3, -0.25) is 15.1 Å². The van der Waals surface area contributed by atoms with Gasteiger partial charge in [0.15, 0.2) is 0 Å². The molecule has 1 aromatic heterocycles. The van der Waals surface area contributed by atoms with Gasteiger partial charge >= 0.3 is 0 Å². The highest BCUT2D eigenvalue weighted by atomic mass is 32.2. The Bertz CT molecular complexity index is 751. The topological polar surface area (TPSA) is 98.7 Å². The molecule has 1 aromatic rings. The van der Waals surface area contributed by atoms with Crippen LogP contribution < -0.4 is 10.0 Å². The Hall–Kier alpha value is -1.68. The third-order valence-corrected chi connectivity index (χ3v) is 6.50. The highest BCUT2D eigenvalue weighted by Gasteiger charge is 2.30. The molecular formula is C13H15N3O4S2. The normalized spacial score (nSPS) is 21.9. The van der Waals surface area contributed by atoms with Crippen molar-refractivity contribution in [2.24, 2.45) is 0 Å². The van der Waals surface area contributed by atoms with Gasteiger partial charge in [0.2, 0.25) is 5.91 Å². The summed E-state index contributed by atoms with van der Waals surface area (Å²) in [5, 5.41) is 12.9. The van der Waals surface area contributed by atoms with Gasteiger partial charge in [-0.05, 0) is 30.2 Å². The second kappa shape index (κ2) is 5.84. The fourth-order valence-corrected chi connectivity index (χ4v) is 4.81. The Kier molecular flexibility index (Phi) is 4.04. The van der Waals surface area contributed by atoms with E-state index in [0.29, 0.717) is 19.5 Å². The van der Waals surface area contributed by atoms with Crippen molar-refractivity contribution in [2.45, 2.75) is 16.7 Å². The zero-order valence-electron chi connectivity index (χ0n) is 11.5. The fourth-order valence-electron chi connectivity index (χ4n) is 2.24. The van der Waals surface area contributed by atoms with Crippen LogP contribution in [0.2, 0.25) is 0 Å². The average Bonchev–Trinajstić information content (AvgIpc) is 3.10. The van der Waals surface area contributed by atoms with Crippen LogP contribution in [-0.2, 0) is 14.8 Å². The largest absolute Gasteiger partial charge is 0.355 e. The Morgan fingerprint density at radius 3 is 2.86 bits per heavy atom. The standard InChI is InChI=1S/C13H15N3O4S2/c17-13-10(3-6-14-13)15-22(19,20)12-2-1-11(21-12)9-4-7-16(18)8-5-9/h1-2,4-5,7,10,15,18H,3,6,8H2,(H,14,17)/t10-/m0/s1. The molecule has 3 rings (SSSR count). The first-order valence-corrected chi connectivity index (χ1v) is 9.00. The minimum absolute atomic E-state index is 0.169. The first-order chi connectivity index (χ1) is 10.5. The van der Waals surface area contributed by atoms with E-state index in [-0.39, 0.29) is 10.1 Å². The lowest BCUT2D eigenvalue weighted by Gasteiger charge is -2.14. The highest BCUT2D eigenvalue weighted by Crippen LogP contribution is 2.29. The van der Waals surface area contributed by atoms with Crippen LogP contribution in [0.1, 0.15) is 11.3 Å². The van der Waals surface area contributed by atoms with Crippen LogP contribution in [0.3, 0.4) is 0 Å². The number of thiophene rings is 1. The van der Waals surface area contributed by atoms with E-state index in [1.807, 2.05) is 0 Å². The van der Waals surface area contributed by atoms with Crippen molar-refractivity contribution in [1.29, 1.82) is 0 Å². The number of carbonyl (C=O) groups excluding carboxylic acids is 1. The Balaban J connectivity index is 1.78. The van der Waals surface area contributed by atoms with Crippen molar-refractivity contribution in [3.63, 3.8) is 0 Å². The molecule has 0 radical (unpaired) electrons. The van der Waals surface area contributed by atoms with Gasteiger partial charge in [-0.2, -0.15) is 4.72 Å². The van der Waals surface area contributed by atoms with Gasteiger partial charge in [0, 0.05) is 17.6 Å². The van der Waals surface area contributed by atoms with Crippen molar-refractivity contribution >= 4 is 32.8 Å². The van der Waals surface area contributed by atoms with E-state index in [1.54, 1.807) is 18.2 Å². The predicted molar refractivity (Wildman–Crippen MR) is 81.7 cm³/mol. The fraction of sp³-hybridized carbons (Fsp3) is 0.308. The van der Waals surface area contributed by atoms with E-state index in [2.05, 4.69) is 10.0 Å². The molecule has 1 fully saturated rings. The van der Waals surface area contributed by atoms with E-state index in [1.165, 1.54) is 12.3 Å². The molecule has 0 aromatic carbocycles. The monoisotopic (exact) mass is 341 g/mol. The van der Waals surface area contributed by atoms with Crippen molar-refractivity contribution in [3.05, 3.63) is 35.4 Å². The smallest absolute Gasteiger partial charge is 0.250 e. The second-order valence-corrected chi connectivity index (χ2v) is 7.99. The third-order valence-electron chi connectivity index (χ3n) is 3.40. The quantitative estimate of drug-likeness (QED) is 0.741. The number of amides is 1. The Morgan fingerprint density at radius 2 is 2.23 bits per heavy atom. The first kappa shape index (κ1) is 15.2. The lowest BCUT2D eigenvalue weighted by Crippen LogP contribution is -2.39. The summed E-state index contributed by atoms with van der Waals surface area (Å²) in [5.41, 5.74) is 0.857. The summed E-state index contributed by atoms with van der Waals surface area (Å²) >= 11 is 1.13. The minimum atomic E-state index is -3.71. The van der Waals surface area contributed by atoms with Gasteiger partial charge in [0.05, 0.1) is 6.54 Å². The number of nitrogens with zero attached hydrogens (tertiary/aromatic N) is 1. The highest BCUT2D eigenvalue weighted by molar-refractivity contribution is 7.91. The number of nitrogens with one attached hydrogen (secondary N) is 2. The number of rotatable bonds is 4. The third kappa shape index (κ3) is 3.07. The van der Waals surface area contributed by atoms with Gasteiger partial charge in [0.1, 0.15) is 10.3 Å². The SMILES string of the molecule is O=C1NCC[C@@H]1NS(=O)(=O)c1ccc(C2=CCN(O)C=C2)s1. The van der Waals surface area contributed by atoms with Crippen LogP contribution in [0, 0.1) is 0 Å². The molecule has 1 saturated heterocycles. The van der Waals surface area contributed by atoms with Crippen LogP contribution in [0.4, 0.5) is 0 Å². The van der Waals surface area contributed by atoms with Gasteiger partial charge in [-0.25, -0.2) is 8.42 Å². The van der Waals surface area contributed by atoms with Crippen molar-refractivity contribution in [3.8, 4) is 0 Å². The molecule has 3 heterocycles. The molecule has 0 spiro atoms. The molecular weight excluding hydrogens is 326 g/mol. The van der Waals surface area contributed by atoms with E-state index in [4.69, 9.17) is 0 Å². The van der Waals surface area contributed by atoms with Crippen LogP contribution in [0.5, 0.6) is 0 Å². The van der Waals surface area contributed by atoms with Crippen LogP contribution in [0.15, 0.2) is 34.7 Å². The van der Waals surface area contributed by atoms with E-state index < -0.39 is 16.1 Å². The summed E-state index contributed by atoms with van der Waals surface area (Å²) in [6.45, 7) is 0.837. The lowest BCUT2D eigenvalue weighted by atomic mass is 10.2. The molecule has 22 heavy (non-hydrogen) atoms. The number of sulfonamides is 1. The Morgan fingerprint density at radius 1 is 1.41 bits per heavy atom.